The Hall–Kier alpha value is -1.06. The van der Waals surface area contributed by atoms with Crippen molar-refractivity contribution in [3.63, 3.8) is 0 Å². The van der Waals surface area contributed by atoms with E-state index in [0.29, 0.717) is 18.8 Å². The lowest BCUT2D eigenvalue weighted by molar-refractivity contribution is -0.137. The van der Waals surface area contributed by atoms with Crippen LogP contribution in [0.15, 0.2) is 0 Å². The summed E-state index contributed by atoms with van der Waals surface area (Å²) >= 11 is 0. The van der Waals surface area contributed by atoms with Crippen molar-refractivity contribution in [2.75, 3.05) is 0 Å². The number of carbonyl (C=O) groups excluding carboxylic acids is 2. The number of nitrogens with one attached hydrogen (secondary N) is 1. The number of amides is 2. The van der Waals surface area contributed by atoms with E-state index in [1.807, 2.05) is 11.8 Å². The monoisotopic (exact) mass is 268 g/mol. The quantitative estimate of drug-likeness (QED) is 0.832. The molecule has 1 fully saturated rings. The largest absolute Gasteiger partial charge is 0.344 e. The Labute approximate surface area is 116 Å². The van der Waals surface area contributed by atoms with Gasteiger partial charge in [0.25, 0.3) is 0 Å². The molecule has 0 saturated carbocycles. The van der Waals surface area contributed by atoms with Gasteiger partial charge in [-0.05, 0) is 32.6 Å². The van der Waals surface area contributed by atoms with Crippen molar-refractivity contribution < 1.29 is 9.59 Å². The third-order valence-corrected chi connectivity index (χ3v) is 3.73. The van der Waals surface area contributed by atoms with Gasteiger partial charge in [-0.3, -0.25) is 9.59 Å². The van der Waals surface area contributed by atoms with Gasteiger partial charge in [0.05, 0.1) is 0 Å². The molecule has 110 valence electrons. The van der Waals surface area contributed by atoms with Crippen LogP contribution in [0.3, 0.4) is 0 Å². The van der Waals surface area contributed by atoms with Crippen LogP contribution in [0.25, 0.3) is 0 Å². The van der Waals surface area contributed by atoms with Crippen molar-refractivity contribution in [3.05, 3.63) is 0 Å². The standard InChI is InChI=1S/C15H28N2O2/c1-6-7-11(4)17-12(5)9-14(18)16-13(15(17)19)8-10(2)3/h10-13H,6-9H2,1-5H3,(H,16,18). The second kappa shape index (κ2) is 6.92. The summed E-state index contributed by atoms with van der Waals surface area (Å²) < 4.78 is 0. The molecule has 1 aliphatic heterocycles. The van der Waals surface area contributed by atoms with Gasteiger partial charge >= 0.3 is 0 Å². The third kappa shape index (κ3) is 4.22. The fraction of sp³-hybridized carbons (Fsp3) is 0.867. The highest BCUT2D eigenvalue weighted by Crippen LogP contribution is 2.20. The SMILES string of the molecule is CCCC(C)N1C(=O)C(CC(C)C)NC(=O)CC1C. The molecule has 19 heavy (non-hydrogen) atoms. The highest BCUT2D eigenvalue weighted by molar-refractivity contribution is 5.90. The molecule has 0 aromatic rings. The minimum Gasteiger partial charge on any atom is -0.344 e. The predicted octanol–water partition coefficient (Wildman–Crippen LogP) is 2.33. The molecular formula is C15H28N2O2. The smallest absolute Gasteiger partial charge is 0.245 e. The van der Waals surface area contributed by atoms with Crippen LogP contribution in [0.1, 0.15) is 60.3 Å². The Bertz CT molecular complexity index is 328. The molecule has 0 aliphatic carbocycles. The zero-order chi connectivity index (χ0) is 14.6. The van der Waals surface area contributed by atoms with Gasteiger partial charge in [0.15, 0.2) is 0 Å². The van der Waals surface area contributed by atoms with E-state index in [0.717, 1.165) is 12.8 Å². The van der Waals surface area contributed by atoms with E-state index in [4.69, 9.17) is 0 Å². The van der Waals surface area contributed by atoms with E-state index < -0.39 is 0 Å². The molecule has 1 heterocycles. The molecule has 1 N–H and O–H groups in total. The Morgan fingerprint density at radius 3 is 2.47 bits per heavy atom. The molecule has 0 radical (unpaired) electrons. The molecule has 0 spiro atoms. The molecule has 0 bridgehead atoms. The van der Waals surface area contributed by atoms with E-state index in [1.54, 1.807) is 0 Å². The minimum atomic E-state index is -0.350. The van der Waals surface area contributed by atoms with Gasteiger partial charge in [0, 0.05) is 18.5 Å². The van der Waals surface area contributed by atoms with Crippen LogP contribution in [0, 0.1) is 5.92 Å². The molecule has 1 aliphatic rings. The molecule has 0 aromatic heterocycles. The van der Waals surface area contributed by atoms with Crippen LogP contribution in [0.2, 0.25) is 0 Å². The predicted molar refractivity (Wildman–Crippen MR) is 76.7 cm³/mol. The lowest BCUT2D eigenvalue weighted by Crippen LogP contribution is -2.50. The van der Waals surface area contributed by atoms with Gasteiger partial charge in [-0.25, -0.2) is 0 Å². The third-order valence-electron chi connectivity index (χ3n) is 3.73. The first kappa shape index (κ1) is 16.0. The number of nitrogens with zero attached hydrogens (tertiary/aromatic N) is 1. The van der Waals surface area contributed by atoms with E-state index in [2.05, 4.69) is 33.0 Å². The lowest BCUT2D eigenvalue weighted by Gasteiger charge is -2.34. The fourth-order valence-corrected chi connectivity index (χ4v) is 2.92. The fourth-order valence-electron chi connectivity index (χ4n) is 2.92. The molecule has 0 aromatic carbocycles. The van der Waals surface area contributed by atoms with Gasteiger partial charge < -0.3 is 10.2 Å². The number of hydrogen-bond donors (Lipinski definition) is 1. The summed E-state index contributed by atoms with van der Waals surface area (Å²) in [6.07, 6.45) is 3.16. The summed E-state index contributed by atoms with van der Waals surface area (Å²) in [7, 11) is 0. The van der Waals surface area contributed by atoms with Crippen LogP contribution < -0.4 is 5.32 Å². The van der Waals surface area contributed by atoms with Gasteiger partial charge in [0.1, 0.15) is 6.04 Å². The summed E-state index contributed by atoms with van der Waals surface area (Å²) in [6.45, 7) is 10.3. The molecule has 1 saturated heterocycles. The Morgan fingerprint density at radius 2 is 1.95 bits per heavy atom. The highest BCUT2D eigenvalue weighted by Gasteiger charge is 2.36. The van der Waals surface area contributed by atoms with E-state index in [1.165, 1.54) is 0 Å². The van der Waals surface area contributed by atoms with Crippen LogP contribution >= 0.6 is 0 Å². The zero-order valence-corrected chi connectivity index (χ0v) is 12.9. The minimum absolute atomic E-state index is 0.00213. The van der Waals surface area contributed by atoms with Crippen molar-refractivity contribution in [3.8, 4) is 0 Å². The van der Waals surface area contributed by atoms with Crippen LogP contribution in [-0.4, -0.2) is 34.8 Å². The zero-order valence-electron chi connectivity index (χ0n) is 12.9. The maximum absolute atomic E-state index is 12.7. The maximum atomic E-state index is 12.7. The highest BCUT2D eigenvalue weighted by atomic mass is 16.2. The summed E-state index contributed by atoms with van der Waals surface area (Å²) in [5.74, 6) is 0.483. The Balaban J connectivity index is 2.92. The molecule has 3 unspecified atom stereocenters. The van der Waals surface area contributed by atoms with Gasteiger partial charge in [-0.1, -0.05) is 27.2 Å². The van der Waals surface area contributed by atoms with Crippen LogP contribution in [0.4, 0.5) is 0 Å². The topological polar surface area (TPSA) is 49.4 Å². The number of rotatable bonds is 5. The first-order chi connectivity index (χ1) is 8.86. The normalized spacial score (nSPS) is 26.3. The van der Waals surface area contributed by atoms with Crippen molar-refractivity contribution in [1.82, 2.24) is 10.2 Å². The molecule has 3 atom stereocenters. The average molecular weight is 268 g/mol. The average Bonchev–Trinajstić information content (AvgIpc) is 2.36. The van der Waals surface area contributed by atoms with Gasteiger partial charge in [-0.15, -0.1) is 0 Å². The summed E-state index contributed by atoms with van der Waals surface area (Å²) in [6, 6.07) is -0.155. The van der Waals surface area contributed by atoms with Crippen LogP contribution in [0.5, 0.6) is 0 Å². The first-order valence-electron chi connectivity index (χ1n) is 7.48. The van der Waals surface area contributed by atoms with Crippen molar-refractivity contribution in [2.24, 2.45) is 5.92 Å². The Kier molecular flexibility index (Phi) is 5.83. The van der Waals surface area contributed by atoms with Gasteiger partial charge in [0.2, 0.25) is 11.8 Å². The second-order valence-electron chi connectivity index (χ2n) is 6.19. The maximum Gasteiger partial charge on any atom is 0.245 e. The van der Waals surface area contributed by atoms with Crippen molar-refractivity contribution >= 4 is 11.8 Å². The summed E-state index contributed by atoms with van der Waals surface area (Å²) in [5.41, 5.74) is 0. The Morgan fingerprint density at radius 1 is 1.32 bits per heavy atom. The van der Waals surface area contributed by atoms with Crippen molar-refractivity contribution in [1.29, 1.82) is 0 Å². The van der Waals surface area contributed by atoms with Crippen molar-refractivity contribution in [2.45, 2.75) is 78.4 Å². The lowest BCUT2D eigenvalue weighted by atomic mass is 10.0. The van der Waals surface area contributed by atoms with E-state index in [9.17, 15) is 9.59 Å². The van der Waals surface area contributed by atoms with E-state index >= 15 is 0 Å². The first-order valence-corrected chi connectivity index (χ1v) is 7.48. The molecule has 4 heteroatoms. The second-order valence-corrected chi connectivity index (χ2v) is 6.19. The van der Waals surface area contributed by atoms with Crippen LogP contribution in [-0.2, 0) is 9.59 Å². The molecule has 4 nitrogen and oxygen atoms in total. The summed E-state index contributed by atoms with van der Waals surface area (Å²) in [4.78, 5) is 26.5. The molecular weight excluding hydrogens is 240 g/mol. The molecule has 2 amide bonds. The molecule has 1 rings (SSSR count). The van der Waals surface area contributed by atoms with E-state index in [-0.39, 0.29) is 29.9 Å². The number of hydrogen-bond acceptors (Lipinski definition) is 2. The number of carbonyl (C=O) groups is 2. The van der Waals surface area contributed by atoms with Gasteiger partial charge in [-0.2, -0.15) is 0 Å². The summed E-state index contributed by atoms with van der Waals surface area (Å²) in [5, 5.41) is 2.89.